The molecule has 0 aliphatic carbocycles. The zero-order chi connectivity index (χ0) is 10.1. The molecule has 3 nitrogen and oxygen atoms in total. The van der Waals surface area contributed by atoms with Crippen molar-refractivity contribution in [1.29, 1.82) is 0 Å². The van der Waals surface area contributed by atoms with Crippen molar-refractivity contribution < 1.29 is 9.90 Å². The summed E-state index contributed by atoms with van der Waals surface area (Å²) < 4.78 is 0. The summed E-state index contributed by atoms with van der Waals surface area (Å²) in [5.41, 5.74) is 0.0415. The van der Waals surface area contributed by atoms with Crippen LogP contribution in [0.5, 0.6) is 0 Å². The summed E-state index contributed by atoms with van der Waals surface area (Å²) in [4.78, 5) is 14.4. The lowest BCUT2D eigenvalue weighted by atomic mass is 10.1. The van der Waals surface area contributed by atoms with Gasteiger partial charge in [-0.05, 0) is 23.6 Å². The predicted octanol–water partition coefficient (Wildman–Crippen LogP) is 3.01. The molecule has 0 spiro atoms. The summed E-state index contributed by atoms with van der Waals surface area (Å²) in [6.07, 6.45) is 1.50. The number of aromatic nitrogens is 1. The van der Waals surface area contributed by atoms with Crippen molar-refractivity contribution in [2.24, 2.45) is 0 Å². The van der Waals surface area contributed by atoms with Gasteiger partial charge in [0.15, 0.2) is 0 Å². The molecule has 2 aromatic rings. The molecule has 0 fully saturated rings. The average molecular weight is 244 g/mol. The van der Waals surface area contributed by atoms with Gasteiger partial charge in [0.1, 0.15) is 5.69 Å². The minimum Gasteiger partial charge on any atom is -0.477 e. The number of rotatable bonds is 1. The molecule has 0 atom stereocenters. The van der Waals surface area contributed by atoms with Crippen LogP contribution < -0.4 is 0 Å². The summed E-state index contributed by atoms with van der Waals surface area (Å²) in [6, 6.07) is 6.75. The second-order valence-corrected chi connectivity index (χ2v) is 3.30. The smallest absolute Gasteiger partial charge is 0.354 e. The Hall–Kier alpha value is -1.32. The molecule has 1 heterocycles. The highest BCUT2D eigenvalue weighted by molar-refractivity contribution is 6.31. The second-order valence-electron chi connectivity index (χ2n) is 2.87. The van der Waals surface area contributed by atoms with Crippen molar-refractivity contribution in [1.82, 2.24) is 4.98 Å². The number of halogens is 2. The molecule has 0 bridgehead atoms. The van der Waals surface area contributed by atoms with E-state index in [1.54, 1.807) is 18.2 Å². The molecule has 0 aliphatic heterocycles. The number of benzene rings is 1. The van der Waals surface area contributed by atoms with E-state index in [0.29, 0.717) is 5.02 Å². The first-order chi connectivity index (χ1) is 6.66. The van der Waals surface area contributed by atoms with E-state index in [0.717, 1.165) is 10.8 Å². The standard InChI is InChI=1S/C10H6ClNO2.ClH/c11-8-2-1-6-4-9(10(13)14)12-5-7(6)3-8;/h1-5H,(H,13,14);1H. The summed E-state index contributed by atoms with van der Waals surface area (Å²) in [7, 11) is 0. The molecule has 0 saturated heterocycles. The lowest BCUT2D eigenvalue weighted by molar-refractivity contribution is 0.0691. The number of hydrogen-bond donors (Lipinski definition) is 1. The van der Waals surface area contributed by atoms with Gasteiger partial charge in [0.25, 0.3) is 0 Å². The first kappa shape index (κ1) is 11.8. The predicted molar refractivity (Wildman–Crippen MR) is 61.0 cm³/mol. The third-order valence-electron chi connectivity index (χ3n) is 1.90. The lowest BCUT2D eigenvalue weighted by Crippen LogP contribution is -1.98. The van der Waals surface area contributed by atoms with Crippen molar-refractivity contribution in [2.45, 2.75) is 0 Å². The number of hydrogen-bond acceptors (Lipinski definition) is 2. The maximum Gasteiger partial charge on any atom is 0.354 e. The number of aromatic carboxylic acids is 1. The zero-order valence-corrected chi connectivity index (χ0v) is 9.05. The van der Waals surface area contributed by atoms with E-state index in [1.165, 1.54) is 12.3 Å². The summed E-state index contributed by atoms with van der Waals surface area (Å²) in [5.74, 6) is -1.03. The van der Waals surface area contributed by atoms with Crippen molar-refractivity contribution >= 4 is 40.7 Å². The van der Waals surface area contributed by atoms with Crippen LogP contribution in [-0.2, 0) is 0 Å². The van der Waals surface area contributed by atoms with Crippen LogP contribution in [0.1, 0.15) is 10.5 Å². The van der Waals surface area contributed by atoms with E-state index in [4.69, 9.17) is 16.7 Å². The van der Waals surface area contributed by atoms with Crippen molar-refractivity contribution in [3.63, 3.8) is 0 Å². The Labute approximate surface area is 97.1 Å². The van der Waals surface area contributed by atoms with Crippen LogP contribution in [-0.4, -0.2) is 16.1 Å². The molecule has 1 aromatic heterocycles. The lowest BCUT2D eigenvalue weighted by Gasteiger charge is -1.99. The Morgan fingerprint density at radius 2 is 2.00 bits per heavy atom. The maximum absolute atomic E-state index is 10.6. The van der Waals surface area contributed by atoms with Gasteiger partial charge in [0.2, 0.25) is 0 Å². The Morgan fingerprint density at radius 3 is 2.67 bits per heavy atom. The summed E-state index contributed by atoms with van der Waals surface area (Å²) in [6.45, 7) is 0. The third kappa shape index (κ3) is 2.37. The first-order valence-corrected chi connectivity index (χ1v) is 4.33. The Kier molecular flexibility index (Phi) is 3.50. The van der Waals surface area contributed by atoms with Crippen LogP contribution in [0.2, 0.25) is 5.02 Å². The SMILES string of the molecule is Cl.O=C(O)c1cc2ccc(Cl)cc2cn1. The minimum absolute atomic E-state index is 0. The van der Waals surface area contributed by atoms with Gasteiger partial charge in [-0.25, -0.2) is 9.78 Å². The fourth-order valence-electron chi connectivity index (χ4n) is 1.23. The molecule has 0 radical (unpaired) electrons. The molecule has 78 valence electrons. The Morgan fingerprint density at radius 1 is 1.27 bits per heavy atom. The van der Waals surface area contributed by atoms with Crippen LogP contribution in [0, 0.1) is 0 Å². The van der Waals surface area contributed by atoms with Gasteiger partial charge in [0.05, 0.1) is 0 Å². The maximum atomic E-state index is 10.6. The van der Waals surface area contributed by atoms with Crippen LogP contribution in [0.4, 0.5) is 0 Å². The number of fused-ring (bicyclic) bond motifs is 1. The van der Waals surface area contributed by atoms with E-state index in [2.05, 4.69) is 4.98 Å². The van der Waals surface area contributed by atoms with Gasteiger partial charge in [-0.15, -0.1) is 12.4 Å². The molecule has 0 amide bonds. The monoisotopic (exact) mass is 243 g/mol. The largest absolute Gasteiger partial charge is 0.477 e. The summed E-state index contributed by atoms with van der Waals surface area (Å²) >= 11 is 5.78. The van der Waals surface area contributed by atoms with E-state index < -0.39 is 5.97 Å². The second kappa shape index (κ2) is 4.47. The molecule has 2 rings (SSSR count). The number of nitrogens with zero attached hydrogens (tertiary/aromatic N) is 1. The molecule has 0 saturated carbocycles. The van der Waals surface area contributed by atoms with Gasteiger partial charge in [-0.1, -0.05) is 17.7 Å². The number of carboxylic acid groups (broad SMARTS) is 1. The van der Waals surface area contributed by atoms with Crippen molar-refractivity contribution in [2.75, 3.05) is 0 Å². The highest BCUT2D eigenvalue weighted by Crippen LogP contribution is 2.18. The Balaban J connectivity index is 0.00000112. The van der Waals surface area contributed by atoms with Crippen molar-refractivity contribution in [3.8, 4) is 0 Å². The molecule has 0 unspecified atom stereocenters. The minimum atomic E-state index is -1.03. The molecule has 0 aliphatic rings. The van der Waals surface area contributed by atoms with Crippen LogP contribution in [0.3, 0.4) is 0 Å². The molecular weight excluding hydrogens is 237 g/mol. The topological polar surface area (TPSA) is 50.2 Å². The molecule has 1 aromatic carbocycles. The number of carbonyl (C=O) groups is 1. The first-order valence-electron chi connectivity index (χ1n) is 3.95. The summed E-state index contributed by atoms with van der Waals surface area (Å²) in [5, 5.41) is 11.0. The van der Waals surface area contributed by atoms with Gasteiger partial charge in [0, 0.05) is 16.6 Å². The Bertz CT molecular complexity index is 514. The van der Waals surface area contributed by atoms with E-state index >= 15 is 0 Å². The van der Waals surface area contributed by atoms with Gasteiger partial charge >= 0.3 is 5.97 Å². The molecule has 5 heteroatoms. The highest BCUT2D eigenvalue weighted by atomic mass is 35.5. The zero-order valence-electron chi connectivity index (χ0n) is 7.48. The fourth-order valence-corrected chi connectivity index (χ4v) is 1.41. The highest BCUT2D eigenvalue weighted by Gasteiger charge is 2.04. The van der Waals surface area contributed by atoms with Gasteiger partial charge < -0.3 is 5.11 Å². The van der Waals surface area contributed by atoms with Crippen LogP contribution in [0.15, 0.2) is 30.5 Å². The normalized spacial score (nSPS) is 9.67. The van der Waals surface area contributed by atoms with Crippen molar-refractivity contribution in [3.05, 3.63) is 41.2 Å². The third-order valence-corrected chi connectivity index (χ3v) is 2.14. The van der Waals surface area contributed by atoms with Crippen LogP contribution in [0.25, 0.3) is 10.8 Å². The molecule has 1 N–H and O–H groups in total. The quantitative estimate of drug-likeness (QED) is 0.838. The average Bonchev–Trinajstić information content (AvgIpc) is 2.16. The van der Waals surface area contributed by atoms with Crippen LogP contribution >= 0.6 is 24.0 Å². The van der Waals surface area contributed by atoms with E-state index in [9.17, 15) is 4.79 Å². The van der Waals surface area contributed by atoms with Gasteiger partial charge in [-0.2, -0.15) is 0 Å². The fraction of sp³-hybridized carbons (Fsp3) is 0. The number of carboxylic acids is 1. The number of pyridine rings is 1. The van der Waals surface area contributed by atoms with E-state index in [-0.39, 0.29) is 18.1 Å². The van der Waals surface area contributed by atoms with E-state index in [1.807, 2.05) is 0 Å². The van der Waals surface area contributed by atoms with Gasteiger partial charge in [-0.3, -0.25) is 0 Å². The molecule has 15 heavy (non-hydrogen) atoms. The molecular formula is C10H7Cl2NO2.